The number of hydrogen-bond acceptors (Lipinski definition) is 4. The van der Waals surface area contributed by atoms with Crippen molar-refractivity contribution in [3.63, 3.8) is 0 Å². The van der Waals surface area contributed by atoms with Crippen LogP contribution >= 0.6 is 0 Å². The molecule has 0 amide bonds. The van der Waals surface area contributed by atoms with Gasteiger partial charge in [-0.25, -0.2) is 0 Å². The van der Waals surface area contributed by atoms with E-state index in [1.807, 2.05) is 0 Å². The second-order valence-corrected chi connectivity index (χ2v) is 6.98. The van der Waals surface area contributed by atoms with Crippen LogP contribution < -0.4 is 5.32 Å². The van der Waals surface area contributed by atoms with E-state index in [0.29, 0.717) is 24.7 Å². The van der Waals surface area contributed by atoms with Crippen LogP contribution in [0.3, 0.4) is 0 Å². The van der Waals surface area contributed by atoms with Crippen LogP contribution in [0.1, 0.15) is 51.9 Å². The highest BCUT2D eigenvalue weighted by molar-refractivity contribution is 5.01. The van der Waals surface area contributed by atoms with E-state index in [1.54, 1.807) is 0 Å². The summed E-state index contributed by atoms with van der Waals surface area (Å²) in [6, 6.07) is 1.87. The molecule has 1 heterocycles. The molecule has 0 aromatic rings. The molecular weight excluding hydrogens is 252 g/mol. The zero-order valence-electron chi connectivity index (χ0n) is 12.8. The number of aliphatic hydroxyl groups excluding tert-OH is 1. The fraction of sp³-hybridized carbons (Fsp3) is 1.00. The predicted molar refractivity (Wildman–Crippen MR) is 79.8 cm³/mol. The van der Waals surface area contributed by atoms with Crippen molar-refractivity contribution in [1.82, 2.24) is 10.2 Å². The fourth-order valence-corrected chi connectivity index (χ4v) is 4.10. The van der Waals surface area contributed by atoms with Crippen LogP contribution in [0.4, 0.5) is 0 Å². The van der Waals surface area contributed by atoms with Crippen molar-refractivity contribution in [3.05, 3.63) is 0 Å². The summed E-state index contributed by atoms with van der Waals surface area (Å²) in [5.74, 6) is 0. The molecule has 3 aliphatic rings. The molecule has 2 N–H and O–H groups in total. The summed E-state index contributed by atoms with van der Waals surface area (Å²) >= 11 is 0. The second kappa shape index (κ2) is 6.30. The Morgan fingerprint density at radius 1 is 1.35 bits per heavy atom. The zero-order valence-corrected chi connectivity index (χ0v) is 12.8. The Morgan fingerprint density at radius 3 is 2.90 bits per heavy atom. The van der Waals surface area contributed by atoms with Crippen LogP contribution in [0.25, 0.3) is 0 Å². The molecule has 3 fully saturated rings. The molecule has 20 heavy (non-hydrogen) atoms. The van der Waals surface area contributed by atoms with Gasteiger partial charge in [0.25, 0.3) is 0 Å². The summed E-state index contributed by atoms with van der Waals surface area (Å²) in [6.07, 6.45) is 8.51. The molecule has 1 aliphatic heterocycles. The van der Waals surface area contributed by atoms with Gasteiger partial charge in [-0.3, -0.25) is 4.90 Å². The van der Waals surface area contributed by atoms with Crippen molar-refractivity contribution in [1.29, 1.82) is 0 Å². The number of nitrogens with one attached hydrogen (secondary N) is 1. The highest BCUT2D eigenvalue weighted by Crippen LogP contribution is 2.35. The topological polar surface area (TPSA) is 44.7 Å². The first kappa shape index (κ1) is 14.8. The lowest BCUT2D eigenvalue weighted by molar-refractivity contribution is -0.0500. The summed E-state index contributed by atoms with van der Waals surface area (Å²) in [5.41, 5.74) is -0.0132. The lowest BCUT2D eigenvalue weighted by Crippen LogP contribution is -2.59. The number of hydrogen-bond donors (Lipinski definition) is 2. The molecular formula is C16H30N2O2. The molecule has 2 saturated carbocycles. The number of ether oxygens (including phenoxy) is 1. The van der Waals surface area contributed by atoms with Gasteiger partial charge >= 0.3 is 0 Å². The molecule has 1 saturated heterocycles. The minimum atomic E-state index is -0.0132. The minimum absolute atomic E-state index is 0.0132. The number of nitrogens with zero attached hydrogens (tertiary/aromatic N) is 1. The maximum Gasteiger partial charge on any atom is 0.0622 e. The molecule has 0 spiro atoms. The van der Waals surface area contributed by atoms with Gasteiger partial charge in [-0.15, -0.1) is 0 Å². The van der Waals surface area contributed by atoms with Gasteiger partial charge in [0.1, 0.15) is 0 Å². The highest BCUT2D eigenvalue weighted by atomic mass is 16.5. The van der Waals surface area contributed by atoms with Crippen molar-refractivity contribution in [2.75, 3.05) is 26.4 Å². The van der Waals surface area contributed by atoms with Gasteiger partial charge in [0.15, 0.2) is 0 Å². The first-order valence-electron chi connectivity index (χ1n) is 8.48. The van der Waals surface area contributed by atoms with E-state index in [9.17, 15) is 5.11 Å². The first-order chi connectivity index (χ1) is 9.76. The number of aliphatic hydroxyl groups is 1. The molecule has 0 aromatic carbocycles. The van der Waals surface area contributed by atoms with E-state index >= 15 is 0 Å². The lowest BCUT2D eigenvalue weighted by Gasteiger charge is -2.48. The maximum absolute atomic E-state index is 9.95. The zero-order chi connectivity index (χ0) is 14.0. The number of rotatable bonds is 5. The normalized spacial score (nSPS) is 39.9. The Hall–Kier alpha value is -0.160. The van der Waals surface area contributed by atoms with Crippen molar-refractivity contribution in [2.24, 2.45) is 0 Å². The summed E-state index contributed by atoms with van der Waals surface area (Å²) in [6.45, 7) is 5.37. The second-order valence-electron chi connectivity index (χ2n) is 6.98. The molecule has 4 heteroatoms. The van der Waals surface area contributed by atoms with E-state index in [1.165, 1.54) is 32.1 Å². The third-order valence-corrected chi connectivity index (χ3v) is 5.42. The van der Waals surface area contributed by atoms with E-state index < -0.39 is 0 Å². The van der Waals surface area contributed by atoms with Gasteiger partial charge in [0.2, 0.25) is 0 Å². The van der Waals surface area contributed by atoms with Crippen molar-refractivity contribution >= 4 is 0 Å². The van der Waals surface area contributed by atoms with Crippen LogP contribution in [0.5, 0.6) is 0 Å². The standard InChI is InChI=1S/C16H30N2O2/c1-2-14-11-20-9-8-18(14)15-4-3-7-16(10-15,12-19)17-13-5-6-13/h13-15,17,19H,2-12H2,1H3. The van der Waals surface area contributed by atoms with Crippen molar-refractivity contribution in [2.45, 2.75) is 75.5 Å². The van der Waals surface area contributed by atoms with Crippen LogP contribution in [-0.2, 0) is 4.74 Å². The van der Waals surface area contributed by atoms with Crippen molar-refractivity contribution in [3.8, 4) is 0 Å². The van der Waals surface area contributed by atoms with E-state index in [0.717, 1.165) is 32.6 Å². The van der Waals surface area contributed by atoms with Crippen LogP contribution in [0, 0.1) is 0 Å². The summed E-state index contributed by atoms with van der Waals surface area (Å²) in [4.78, 5) is 2.67. The lowest BCUT2D eigenvalue weighted by atomic mass is 9.78. The Morgan fingerprint density at radius 2 is 2.20 bits per heavy atom. The number of morpholine rings is 1. The molecule has 3 atom stereocenters. The molecule has 3 rings (SSSR count). The third-order valence-electron chi connectivity index (χ3n) is 5.42. The van der Waals surface area contributed by atoms with Crippen LogP contribution in [0.2, 0.25) is 0 Å². The Balaban J connectivity index is 1.66. The van der Waals surface area contributed by atoms with Crippen molar-refractivity contribution < 1.29 is 9.84 Å². The van der Waals surface area contributed by atoms with Gasteiger partial charge in [-0.05, 0) is 44.9 Å². The van der Waals surface area contributed by atoms with E-state index in [-0.39, 0.29) is 5.54 Å². The Bertz CT molecular complexity index is 322. The van der Waals surface area contributed by atoms with E-state index in [2.05, 4.69) is 17.1 Å². The monoisotopic (exact) mass is 282 g/mol. The van der Waals surface area contributed by atoms with Gasteiger partial charge in [-0.1, -0.05) is 6.92 Å². The Kier molecular flexibility index (Phi) is 4.65. The van der Waals surface area contributed by atoms with Gasteiger partial charge < -0.3 is 15.2 Å². The largest absolute Gasteiger partial charge is 0.394 e. The fourth-order valence-electron chi connectivity index (χ4n) is 4.10. The van der Waals surface area contributed by atoms with Gasteiger partial charge in [-0.2, -0.15) is 0 Å². The molecule has 116 valence electrons. The molecule has 2 aliphatic carbocycles. The molecule has 0 aromatic heterocycles. The summed E-state index contributed by atoms with van der Waals surface area (Å²) in [7, 11) is 0. The van der Waals surface area contributed by atoms with E-state index in [4.69, 9.17) is 4.74 Å². The third kappa shape index (κ3) is 3.19. The average Bonchev–Trinajstić information content (AvgIpc) is 3.31. The average molecular weight is 282 g/mol. The molecule has 0 radical (unpaired) electrons. The SMILES string of the molecule is CCC1COCCN1C1CCCC(CO)(NC2CC2)C1. The van der Waals surface area contributed by atoms with Crippen LogP contribution in [0.15, 0.2) is 0 Å². The summed E-state index contributed by atoms with van der Waals surface area (Å²) in [5, 5.41) is 13.7. The highest BCUT2D eigenvalue weighted by Gasteiger charge is 2.42. The Labute approximate surface area is 122 Å². The molecule has 3 unspecified atom stereocenters. The predicted octanol–water partition coefficient (Wildman–Crippen LogP) is 1.52. The van der Waals surface area contributed by atoms with Gasteiger partial charge in [0, 0.05) is 30.2 Å². The van der Waals surface area contributed by atoms with Crippen LogP contribution in [-0.4, -0.2) is 60.0 Å². The maximum atomic E-state index is 9.95. The van der Waals surface area contributed by atoms with Gasteiger partial charge in [0.05, 0.1) is 19.8 Å². The first-order valence-corrected chi connectivity index (χ1v) is 8.48. The minimum Gasteiger partial charge on any atom is -0.394 e. The summed E-state index contributed by atoms with van der Waals surface area (Å²) < 4.78 is 5.64. The molecule has 4 nitrogen and oxygen atoms in total. The molecule has 0 bridgehead atoms. The quantitative estimate of drug-likeness (QED) is 0.802. The smallest absolute Gasteiger partial charge is 0.0622 e.